The van der Waals surface area contributed by atoms with Gasteiger partial charge in [-0.2, -0.15) is 0 Å². The molecule has 0 aliphatic carbocycles. The average molecular weight is 286 g/mol. The van der Waals surface area contributed by atoms with Gasteiger partial charge in [-0.1, -0.05) is 0 Å². The summed E-state index contributed by atoms with van der Waals surface area (Å²) in [6.07, 6.45) is 1.89. The van der Waals surface area contributed by atoms with Crippen LogP contribution in [0.5, 0.6) is 5.75 Å². The molecule has 1 aliphatic rings. The largest absolute Gasteiger partial charge is 0.488 e. The van der Waals surface area contributed by atoms with Crippen molar-refractivity contribution in [1.29, 1.82) is 0 Å². The maximum absolute atomic E-state index is 13.2. The van der Waals surface area contributed by atoms with E-state index in [1.165, 1.54) is 6.07 Å². The van der Waals surface area contributed by atoms with Crippen molar-refractivity contribution in [2.24, 2.45) is 0 Å². The summed E-state index contributed by atoms with van der Waals surface area (Å²) in [5, 5.41) is 0. The standard InChI is InChI=1S/C15H21ClFNO/c1-11(2)18(7-3-6-16)10-14-9-12-8-13(17)4-5-15(12)19-14/h4-5,8,11,14H,3,6-7,9-10H2,1-2H3. The van der Waals surface area contributed by atoms with Crippen LogP contribution in [0.4, 0.5) is 4.39 Å². The van der Waals surface area contributed by atoms with Crippen LogP contribution >= 0.6 is 11.6 Å². The molecule has 0 aromatic heterocycles. The molecule has 1 aromatic carbocycles. The van der Waals surface area contributed by atoms with Crippen molar-refractivity contribution in [3.63, 3.8) is 0 Å². The summed E-state index contributed by atoms with van der Waals surface area (Å²) in [4.78, 5) is 2.37. The summed E-state index contributed by atoms with van der Waals surface area (Å²) in [6, 6.07) is 5.22. The fourth-order valence-corrected chi connectivity index (χ4v) is 2.60. The van der Waals surface area contributed by atoms with Crippen LogP contribution in [0.3, 0.4) is 0 Å². The molecule has 2 rings (SSSR count). The van der Waals surface area contributed by atoms with Crippen molar-refractivity contribution in [3.05, 3.63) is 29.6 Å². The number of ether oxygens (including phenoxy) is 1. The number of alkyl halides is 1. The predicted molar refractivity (Wildman–Crippen MR) is 76.6 cm³/mol. The van der Waals surface area contributed by atoms with Crippen molar-refractivity contribution < 1.29 is 9.13 Å². The molecule has 1 unspecified atom stereocenters. The van der Waals surface area contributed by atoms with Crippen LogP contribution in [-0.4, -0.2) is 36.0 Å². The van der Waals surface area contributed by atoms with E-state index in [9.17, 15) is 4.39 Å². The Morgan fingerprint density at radius 1 is 1.47 bits per heavy atom. The van der Waals surface area contributed by atoms with Gasteiger partial charge in [0.05, 0.1) is 0 Å². The Bertz CT molecular complexity index is 425. The zero-order valence-electron chi connectivity index (χ0n) is 11.5. The maximum atomic E-state index is 13.2. The number of nitrogens with zero attached hydrogens (tertiary/aromatic N) is 1. The van der Waals surface area contributed by atoms with Crippen molar-refractivity contribution in [2.45, 2.75) is 38.8 Å². The summed E-state index contributed by atoms with van der Waals surface area (Å²) in [5.74, 6) is 1.32. The molecule has 0 saturated heterocycles. The smallest absolute Gasteiger partial charge is 0.123 e. The lowest BCUT2D eigenvalue weighted by Gasteiger charge is -2.28. The van der Waals surface area contributed by atoms with Gasteiger partial charge in [0.15, 0.2) is 0 Å². The van der Waals surface area contributed by atoms with E-state index in [1.807, 2.05) is 0 Å². The van der Waals surface area contributed by atoms with Gasteiger partial charge in [-0.3, -0.25) is 4.90 Å². The number of halogens is 2. The first-order valence-corrected chi connectivity index (χ1v) is 7.38. The van der Waals surface area contributed by atoms with E-state index in [4.69, 9.17) is 16.3 Å². The zero-order chi connectivity index (χ0) is 13.8. The Hall–Kier alpha value is -0.800. The SMILES string of the molecule is CC(C)N(CCCCl)CC1Cc2cc(F)ccc2O1. The predicted octanol–water partition coefficient (Wildman–Crippen LogP) is 3.47. The Morgan fingerprint density at radius 2 is 2.26 bits per heavy atom. The molecular formula is C15H21ClFNO. The normalized spacial score (nSPS) is 17.9. The van der Waals surface area contributed by atoms with Crippen LogP contribution in [0.15, 0.2) is 18.2 Å². The quantitative estimate of drug-likeness (QED) is 0.742. The van der Waals surface area contributed by atoms with Crippen LogP contribution < -0.4 is 4.74 Å². The highest BCUT2D eigenvalue weighted by Gasteiger charge is 2.25. The highest BCUT2D eigenvalue weighted by atomic mass is 35.5. The van der Waals surface area contributed by atoms with Crippen LogP contribution in [0.25, 0.3) is 0 Å². The van der Waals surface area contributed by atoms with E-state index in [2.05, 4.69) is 18.7 Å². The van der Waals surface area contributed by atoms with Crippen LogP contribution in [0.2, 0.25) is 0 Å². The summed E-state index contributed by atoms with van der Waals surface area (Å²) in [6.45, 7) is 6.20. The van der Waals surface area contributed by atoms with Crippen molar-refractivity contribution >= 4 is 11.6 Å². The molecule has 4 heteroatoms. The lowest BCUT2D eigenvalue weighted by molar-refractivity contribution is 0.128. The van der Waals surface area contributed by atoms with Gasteiger partial charge in [-0.15, -0.1) is 11.6 Å². The lowest BCUT2D eigenvalue weighted by atomic mass is 10.1. The molecule has 0 amide bonds. The molecule has 0 fully saturated rings. The third-order valence-corrected chi connectivity index (χ3v) is 3.78. The van der Waals surface area contributed by atoms with Gasteiger partial charge in [0.25, 0.3) is 0 Å². The molecule has 1 aliphatic heterocycles. The van der Waals surface area contributed by atoms with Gasteiger partial charge < -0.3 is 4.74 Å². The van der Waals surface area contributed by atoms with Crippen LogP contribution in [0.1, 0.15) is 25.8 Å². The zero-order valence-corrected chi connectivity index (χ0v) is 12.3. The summed E-state index contributed by atoms with van der Waals surface area (Å²) in [7, 11) is 0. The first-order valence-electron chi connectivity index (χ1n) is 6.85. The maximum Gasteiger partial charge on any atom is 0.123 e. The molecule has 106 valence electrons. The Kier molecular flexibility index (Phi) is 5.06. The Morgan fingerprint density at radius 3 is 2.95 bits per heavy atom. The van der Waals surface area contributed by atoms with E-state index in [0.29, 0.717) is 11.9 Å². The first kappa shape index (κ1) is 14.6. The average Bonchev–Trinajstić information content (AvgIpc) is 2.75. The highest BCUT2D eigenvalue weighted by molar-refractivity contribution is 6.17. The van der Waals surface area contributed by atoms with Crippen LogP contribution in [-0.2, 0) is 6.42 Å². The minimum absolute atomic E-state index is 0.120. The van der Waals surface area contributed by atoms with Crippen molar-refractivity contribution in [1.82, 2.24) is 4.90 Å². The van der Waals surface area contributed by atoms with E-state index in [-0.39, 0.29) is 11.9 Å². The summed E-state index contributed by atoms with van der Waals surface area (Å²) < 4.78 is 19.0. The Balaban J connectivity index is 1.94. The van der Waals surface area contributed by atoms with Gasteiger partial charge >= 0.3 is 0 Å². The van der Waals surface area contributed by atoms with Gasteiger partial charge in [0, 0.05) is 30.5 Å². The Labute approximate surface area is 119 Å². The molecule has 0 bridgehead atoms. The van der Waals surface area contributed by atoms with Gasteiger partial charge in [-0.05, 0) is 45.0 Å². The molecule has 0 spiro atoms. The fraction of sp³-hybridized carbons (Fsp3) is 0.600. The van der Waals surface area contributed by atoms with Crippen molar-refractivity contribution in [3.8, 4) is 5.75 Å². The van der Waals surface area contributed by atoms with E-state index in [0.717, 1.165) is 37.2 Å². The minimum Gasteiger partial charge on any atom is -0.488 e. The summed E-state index contributed by atoms with van der Waals surface area (Å²) in [5.41, 5.74) is 0.978. The molecule has 0 saturated carbocycles. The molecule has 1 heterocycles. The van der Waals surface area contributed by atoms with Gasteiger partial charge in [0.2, 0.25) is 0 Å². The van der Waals surface area contributed by atoms with Crippen LogP contribution in [0, 0.1) is 5.82 Å². The number of rotatable bonds is 6. The highest BCUT2D eigenvalue weighted by Crippen LogP contribution is 2.29. The molecule has 2 nitrogen and oxygen atoms in total. The lowest BCUT2D eigenvalue weighted by Crippen LogP contribution is -2.40. The third kappa shape index (κ3) is 3.83. The van der Waals surface area contributed by atoms with Gasteiger partial charge in [0.1, 0.15) is 17.7 Å². The molecule has 1 aromatic rings. The summed E-state index contributed by atoms with van der Waals surface area (Å²) >= 11 is 5.76. The van der Waals surface area contributed by atoms with Gasteiger partial charge in [-0.25, -0.2) is 4.39 Å². The number of benzene rings is 1. The van der Waals surface area contributed by atoms with E-state index < -0.39 is 0 Å². The molecular weight excluding hydrogens is 265 g/mol. The van der Waals surface area contributed by atoms with E-state index >= 15 is 0 Å². The second kappa shape index (κ2) is 6.58. The monoisotopic (exact) mass is 285 g/mol. The molecule has 0 N–H and O–H groups in total. The third-order valence-electron chi connectivity index (χ3n) is 3.51. The second-order valence-corrected chi connectivity index (χ2v) is 5.71. The number of fused-ring (bicyclic) bond motifs is 1. The minimum atomic E-state index is -0.189. The number of hydrogen-bond acceptors (Lipinski definition) is 2. The fourth-order valence-electron chi connectivity index (χ4n) is 2.48. The molecule has 0 radical (unpaired) electrons. The second-order valence-electron chi connectivity index (χ2n) is 5.33. The topological polar surface area (TPSA) is 12.5 Å². The number of hydrogen-bond donors (Lipinski definition) is 0. The first-order chi connectivity index (χ1) is 9.10. The van der Waals surface area contributed by atoms with E-state index in [1.54, 1.807) is 12.1 Å². The molecule has 19 heavy (non-hydrogen) atoms. The molecule has 1 atom stereocenters. The van der Waals surface area contributed by atoms with Crippen molar-refractivity contribution in [2.75, 3.05) is 19.0 Å².